The minimum atomic E-state index is 0.418. The first-order chi connectivity index (χ1) is 11.1. The molecule has 0 amide bonds. The summed E-state index contributed by atoms with van der Waals surface area (Å²) in [5.41, 5.74) is 3.17. The van der Waals surface area contributed by atoms with E-state index in [9.17, 15) is 0 Å². The predicted octanol–water partition coefficient (Wildman–Crippen LogP) is 3.01. The van der Waals surface area contributed by atoms with Crippen LogP contribution in [0.25, 0.3) is 11.3 Å². The SMILES string of the molecule is CC1CNCC(Cn2cc(-c3cccc(NC(C)C)c3)nn2)C1. The monoisotopic (exact) mass is 313 g/mol. The van der Waals surface area contributed by atoms with Crippen LogP contribution >= 0.6 is 0 Å². The van der Waals surface area contributed by atoms with E-state index in [-0.39, 0.29) is 0 Å². The number of benzene rings is 1. The van der Waals surface area contributed by atoms with Crippen molar-refractivity contribution in [3.8, 4) is 11.3 Å². The third-order valence-electron chi connectivity index (χ3n) is 4.26. The third-order valence-corrected chi connectivity index (χ3v) is 4.26. The highest BCUT2D eigenvalue weighted by Gasteiger charge is 2.19. The van der Waals surface area contributed by atoms with Crippen molar-refractivity contribution in [3.63, 3.8) is 0 Å². The van der Waals surface area contributed by atoms with Gasteiger partial charge in [-0.05, 0) is 57.3 Å². The number of rotatable bonds is 5. The van der Waals surface area contributed by atoms with Gasteiger partial charge >= 0.3 is 0 Å². The van der Waals surface area contributed by atoms with Crippen LogP contribution in [-0.2, 0) is 6.54 Å². The number of aromatic nitrogens is 3. The van der Waals surface area contributed by atoms with E-state index in [1.165, 1.54) is 6.42 Å². The molecule has 0 radical (unpaired) electrons. The van der Waals surface area contributed by atoms with Crippen molar-refractivity contribution in [1.82, 2.24) is 20.3 Å². The first-order valence-electron chi connectivity index (χ1n) is 8.58. The second-order valence-electron chi connectivity index (χ2n) is 7.07. The molecule has 2 heterocycles. The highest BCUT2D eigenvalue weighted by Crippen LogP contribution is 2.22. The van der Waals surface area contributed by atoms with E-state index < -0.39 is 0 Å². The molecule has 0 spiro atoms. The van der Waals surface area contributed by atoms with Crippen LogP contribution in [0.3, 0.4) is 0 Å². The molecule has 2 atom stereocenters. The van der Waals surface area contributed by atoms with Gasteiger partial charge in [-0.25, -0.2) is 0 Å². The Hall–Kier alpha value is -1.88. The molecule has 2 unspecified atom stereocenters. The van der Waals surface area contributed by atoms with Crippen LogP contribution < -0.4 is 10.6 Å². The molecule has 2 N–H and O–H groups in total. The van der Waals surface area contributed by atoms with Crippen molar-refractivity contribution in [1.29, 1.82) is 0 Å². The summed E-state index contributed by atoms with van der Waals surface area (Å²) in [7, 11) is 0. The molecule has 1 aromatic carbocycles. The van der Waals surface area contributed by atoms with E-state index in [1.807, 2.05) is 4.68 Å². The van der Waals surface area contributed by atoms with Crippen LogP contribution in [0.1, 0.15) is 27.2 Å². The molecule has 23 heavy (non-hydrogen) atoms. The summed E-state index contributed by atoms with van der Waals surface area (Å²) in [5.74, 6) is 1.39. The fourth-order valence-corrected chi connectivity index (χ4v) is 3.29. The molecule has 0 bridgehead atoms. The Labute approximate surface area is 138 Å². The lowest BCUT2D eigenvalue weighted by atomic mass is 9.92. The molecule has 5 nitrogen and oxygen atoms in total. The smallest absolute Gasteiger partial charge is 0.113 e. The van der Waals surface area contributed by atoms with Gasteiger partial charge in [0, 0.05) is 23.8 Å². The second kappa shape index (κ2) is 7.13. The highest BCUT2D eigenvalue weighted by molar-refractivity contribution is 5.64. The first kappa shape index (κ1) is 16.0. The van der Waals surface area contributed by atoms with Crippen molar-refractivity contribution in [2.45, 2.75) is 39.8 Å². The maximum atomic E-state index is 4.36. The zero-order valence-corrected chi connectivity index (χ0v) is 14.3. The van der Waals surface area contributed by atoms with E-state index in [0.29, 0.717) is 12.0 Å². The summed E-state index contributed by atoms with van der Waals surface area (Å²) in [4.78, 5) is 0. The maximum Gasteiger partial charge on any atom is 0.113 e. The molecule has 1 aliphatic heterocycles. The Balaban J connectivity index is 1.69. The van der Waals surface area contributed by atoms with E-state index in [2.05, 4.69) is 72.2 Å². The third kappa shape index (κ3) is 4.32. The van der Waals surface area contributed by atoms with Gasteiger partial charge in [0.15, 0.2) is 0 Å². The zero-order valence-electron chi connectivity index (χ0n) is 14.3. The Kier molecular flexibility index (Phi) is 4.96. The summed E-state index contributed by atoms with van der Waals surface area (Å²) in [6, 6.07) is 8.79. The minimum absolute atomic E-state index is 0.418. The lowest BCUT2D eigenvalue weighted by molar-refractivity contribution is 0.266. The van der Waals surface area contributed by atoms with E-state index in [1.54, 1.807) is 0 Å². The molecular formula is C18H27N5. The number of nitrogens with one attached hydrogen (secondary N) is 2. The van der Waals surface area contributed by atoms with Crippen LogP contribution in [0.2, 0.25) is 0 Å². The van der Waals surface area contributed by atoms with Crippen molar-refractivity contribution < 1.29 is 0 Å². The average molecular weight is 313 g/mol. The van der Waals surface area contributed by atoms with Crippen molar-refractivity contribution in [2.24, 2.45) is 11.8 Å². The maximum absolute atomic E-state index is 4.36. The van der Waals surface area contributed by atoms with Crippen LogP contribution in [0.5, 0.6) is 0 Å². The molecule has 0 saturated carbocycles. The number of anilines is 1. The van der Waals surface area contributed by atoms with Crippen molar-refractivity contribution in [3.05, 3.63) is 30.5 Å². The lowest BCUT2D eigenvalue weighted by Crippen LogP contribution is -2.37. The van der Waals surface area contributed by atoms with Crippen molar-refractivity contribution in [2.75, 3.05) is 18.4 Å². The number of hydrogen-bond donors (Lipinski definition) is 2. The topological polar surface area (TPSA) is 54.8 Å². The van der Waals surface area contributed by atoms with Gasteiger partial charge in [0.1, 0.15) is 5.69 Å². The average Bonchev–Trinajstić information content (AvgIpc) is 2.95. The number of piperidine rings is 1. The summed E-state index contributed by atoms with van der Waals surface area (Å²) in [6.45, 7) is 9.74. The Morgan fingerprint density at radius 1 is 1.35 bits per heavy atom. The van der Waals surface area contributed by atoms with Crippen LogP contribution in [0.15, 0.2) is 30.5 Å². The summed E-state index contributed by atoms with van der Waals surface area (Å²) in [5, 5.41) is 15.6. The second-order valence-corrected chi connectivity index (χ2v) is 7.07. The van der Waals surface area contributed by atoms with Crippen molar-refractivity contribution >= 4 is 5.69 Å². The van der Waals surface area contributed by atoms with Gasteiger partial charge in [-0.1, -0.05) is 24.3 Å². The molecule has 0 aliphatic carbocycles. The molecule has 124 valence electrons. The molecule has 1 fully saturated rings. The number of hydrogen-bond acceptors (Lipinski definition) is 4. The molecule has 1 saturated heterocycles. The van der Waals surface area contributed by atoms with E-state index in [4.69, 9.17) is 0 Å². The van der Waals surface area contributed by atoms with Crippen LogP contribution in [-0.4, -0.2) is 34.1 Å². The highest BCUT2D eigenvalue weighted by atomic mass is 15.4. The van der Waals surface area contributed by atoms with Crippen LogP contribution in [0, 0.1) is 11.8 Å². The normalized spacial score (nSPS) is 21.6. The van der Waals surface area contributed by atoms with Gasteiger partial charge < -0.3 is 10.6 Å². The van der Waals surface area contributed by atoms with Gasteiger partial charge in [0.25, 0.3) is 0 Å². The van der Waals surface area contributed by atoms with Crippen LogP contribution in [0.4, 0.5) is 5.69 Å². The van der Waals surface area contributed by atoms with E-state index in [0.717, 1.165) is 42.5 Å². The standard InChI is InChI=1S/C18H27N5/c1-13(2)20-17-6-4-5-16(8-17)18-12-23(22-21-18)11-15-7-14(3)9-19-10-15/h4-6,8,12-15,19-20H,7,9-11H2,1-3H3. The largest absolute Gasteiger partial charge is 0.383 e. The van der Waals surface area contributed by atoms with Gasteiger partial charge in [0.05, 0.1) is 6.20 Å². The zero-order chi connectivity index (χ0) is 16.2. The minimum Gasteiger partial charge on any atom is -0.383 e. The first-order valence-corrected chi connectivity index (χ1v) is 8.58. The summed E-state index contributed by atoms with van der Waals surface area (Å²) < 4.78 is 1.99. The Morgan fingerprint density at radius 3 is 3.00 bits per heavy atom. The molecule has 5 heteroatoms. The van der Waals surface area contributed by atoms with Gasteiger partial charge in [-0.15, -0.1) is 5.10 Å². The van der Waals surface area contributed by atoms with Gasteiger partial charge in [-0.3, -0.25) is 4.68 Å². The predicted molar refractivity (Wildman–Crippen MR) is 94.4 cm³/mol. The Morgan fingerprint density at radius 2 is 2.22 bits per heavy atom. The molecule has 3 rings (SSSR count). The van der Waals surface area contributed by atoms with Gasteiger partial charge in [0.2, 0.25) is 0 Å². The summed E-state index contributed by atoms with van der Waals surface area (Å²) in [6.07, 6.45) is 3.32. The fourth-order valence-electron chi connectivity index (χ4n) is 3.29. The quantitative estimate of drug-likeness (QED) is 0.891. The van der Waals surface area contributed by atoms with E-state index >= 15 is 0 Å². The molecule has 1 aliphatic rings. The Bertz CT molecular complexity index is 634. The molecular weight excluding hydrogens is 286 g/mol. The molecule has 1 aromatic heterocycles. The summed E-state index contributed by atoms with van der Waals surface area (Å²) >= 11 is 0. The fraction of sp³-hybridized carbons (Fsp3) is 0.556. The lowest BCUT2D eigenvalue weighted by Gasteiger charge is -2.27. The molecule has 2 aromatic rings. The van der Waals surface area contributed by atoms with Gasteiger partial charge in [-0.2, -0.15) is 0 Å². The number of nitrogens with zero attached hydrogens (tertiary/aromatic N) is 3.